The number of nitrogens with zero attached hydrogens (tertiary/aromatic N) is 4. The summed E-state index contributed by atoms with van der Waals surface area (Å²) in [5.41, 5.74) is 0.903. The molecular weight excluding hydrogens is 444 g/mol. The molecule has 4 heterocycles. The van der Waals surface area contributed by atoms with Gasteiger partial charge in [-0.05, 0) is 25.0 Å². The molecule has 1 fully saturated rings. The molecule has 2 N–H and O–H groups in total. The number of thiazole rings is 1. The summed E-state index contributed by atoms with van der Waals surface area (Å²) < 4.78 is 0. The number of amides is 2. The van der Waals surface area contributed by atoms with Crippen molar-refractivity contribution in [3.63, 3.8) is 0 Å². The molecule has 0 spiro atoms. The van der Waals surface area contributed by atoms with E-state index in [1.807, 2.05) is 22.4 Å². The average molecular weight is 463 g/mol. The van der Waals surface area contributed by atoms with Crippen LogP contribution in [0.5, 0.6) is 0 Å². The van der Waals surface area contributed by atoms with E-state index >= 15 is 0 Å². The van der Waals surface area contributed by atoms with Crippen molar-refractivity contribution >= 4 is 57.2 Å². The van der Waals surface area contributed by atoms with Gasteiger partial charge < -0.3 is 10.2 Å². The summed E-state index contributed by atoms with van der Waals surface area (Å²) in [4.78, 5) is 40.9. The smallest absolute Gasteiger partial charge is 0.277 e. The zero-order chi connectivity index (χ0) is 21.1. The lowest BCUT2D eigenvalue weighted by Crippen LogP contribution is -2.23. The number of halogens is 1. The molecule has 8 nitrogen and oxygen atoms in total. The maximum absolute atomic E-state index is 12.7. The normalized spacial score (nSPS) is 13.5. The van der Waals surface area contributed by atoms with Crippen molar-refractivity contribution in [2.45, 2.75) is 26.3 Å². The van der Waals surface area contributed by atoms with E-state index in [0.29, 0.717) is 17.6 Å². The lowest BCUT2D eigenvalue weighted by atomic mass is 10.3. The maximum Gasteiger partial charge on any atom is 0.277 e. The highest BCUT2D eigenvalue weighted by Gasteiger charge is 2.20. The molecule has 30 heavy (non-hydrogen) atoms. The first kappa shape index (κ1) is 20.7. The number of aromatic nitrogens is 3. The molecule has 3 aromatic heterocycles. The van der Waals surface area contributed by atoms with Crippen molar-refractivity contribution in [1.29, 1.82) is 0 Å². The van der Waals surface area contributed by atoms with Crippen LogP contribution in [0.1, 0.15) is 35.1 Å². The van der Waals surface area contributed by atoms with Crippen LogP contribution in [0.2, 0.25) is 5.02 Å². The maximum atomic E-state index is 12.7. The van der Waals surface area contributed by atoms with Gasteiger partial charge in [0, 0.05) is 30.3 Å². The van der Waals surface area contributed by atoms with Gasteiger partial charge in [0.2, 0.25) is 11.9 Å². The molecule has 156 valence electrons. The van der Waals surface area contributed by atoms with Gasteiger partial charge >= 0.3 is 0 Å². The Morgan fingerprint density at radius 2 is 2.03 bits per heavy atom. The molecule has 0 aromatic carbocycles. The molecule has 4 rings (SSSR count). The molecule has 2 amide bonds. The Hall–Kier alpha value is -2.56. The van der Waals surface area contributed by atoms with Gasteiger partial charge in [-0.1, -0.05) is 11.6 Å². The standard InChI is InChI=1S/C19H19ClN6O2S2/c1-11(27)21-8-12-4-5-15(30-12)14-10-29-19(23-14)25-17(28)16-13(20)9-22-18(24-16)26-6-2-3-7-26/h4-5,9-10H,2-3,6-8H2,1H3,(H,21,27)(H,23,25,28). The molecule has 0 aliphatic carbocycles. The number of hydrogen-bond acceptors (Lipinski definition) is 8. The van der Waals surface area contributed by atoms with Gasteiger partial charge in [0.25, 0.3) is 5.91 Å². The van der Waals surface area contributed by atoms with E-state index in [0.717, 1.165) is 41.4 Å². The second-order valence-electron chi connectivity index (χ2n) is 6.73. The zero-order valence-electron chi connectivity index (χ0n) is 16.1. The number of carbonyl (C=O) groups is 2. The highest BCUT2D eigenvalue weighted by Crippen LogP contribution is 2.31. The second kappa shape index (κ2) is 9.07. The minimum Gasteiger partial charge on any atom is -0.351 e. The fourth-order valence-electron chi connectivity index (χ4n) is 3.01. The Balaban J connectivity index is 1.45. The van der Waals surface area contributed by atoms with Crippen LogP contribution in [0.3, 0.4) is 0 Å². The van der Waals surface area contributed by atoms with Crippen molar-refractivity contribution < 1.29 is 9.59 Å². The molecule has 1 aliphatic heterocycles. The summed E-state index contributed by atoms with van der Waals surface area (Å²) in [7, 11) is 0. The summed E-state index contributed by atoms with van der Waals surface area (Å²) in [6.07, 6.45) is 3.64. The van der Waals surface area contributed by atoms with Gasteiger partial charge in [0.15, 0.2) is 10.8 Å². The fourth-order valence-corrected chi connectivity index (χ4v) is 4.87. The van der Waals surface area contributed by atoms with Crippen LogP contribution in [-0.4, -0.2) is 39.9 Å². The molecule has 0 radical (unpaired) electrons. The van der Waals surface area contributed by atoms with Gasteiger partial charge in [0.1, 0.15) is 0 Å². The summed E-state index contributed by atoms with van der Waals surface area (Å²) >= 11 is 9.04. The van der Waals surface area contributed by atoms with Crippen molar-refractivity contribution in [2.75, 3.05) is 23.3 Å². The molecule has 1 aliphatic rings. The Kier molecular flexibility index (Phi) is 6.26. The topological polar surface area (TPSA) is 100 Å². The summed E-state index contributed by atoms with van der Waals surface area (Å²) in [5, 5.41) is 8.09. The quantitative estimate of drug-likeness (QED) is 0.577. The summed E-state index contributed by atoms with van der Waals surface area (Å²) in [5.74, 6) is 0.0355. The third-order valence-electron chi connectivity index (χ3n) is 4.49. The number of hydrogen-bond donors (Lipinski definition) is 2. The largest absolute Gasteiger partial charge is 0.351 e. The van der Waals surface area contributed by atoms with Crippen LogP contribution in [0, 0.1) is 0 Å². The van der Waals surface area contributed by atoms with Gasteiger partial charge in [0.05, 0.1) is 28.3 Å². The number of anilines is 2. The van der Waals surface area contributed by atoms with Crippen molar-refractivity contribution in [3.8, 4) is 10.6 Å². The highest BCUT2D eigenvalue weighted by atomic mass is 35.5. The van der Waals surface area contributed by atoms with Gasteiger partial charge in [-0.3, -0.25) is 14.9 Å². The van der Waals surface area contributed by atoms with Crippen molar-refractivity contribution in [3.05, 3.63) is 39.3 Å². The Morgan fingerprint density at radius 3 is 2.80 bits per heavy atom. The van der Waals surface area contributed by atoms with Crippen LogP contribution in [-0.2, 0) is 11.3 Å². The first-order valence-electron chi connectivity index (χ1n) is 9.37. The Bertz CT molecular complexity index is 1080. The SMILES string of the molecule is CC(=O)NCc1ccc(-c2csc(NC(=O)c3nc(N4CCCC4)ncc3Cl)n2)s1. The molecular formula is C19H19ClN6O2S2. The third kappa shape index (κ3) is 4.77. The summed E-state index contributed by atoms with van der Waals surface area (Å²) in [6, 6.07) is 3.90. The predicted octanol–water partition coefficient (Wildman–Crippen LogP) is 3.80. The first-order chi connectivity index (χ1) is 14.5. The molecule has 3 aromatic rings. The highest BCUT2D eigenvalue weighted by molar-refractivity contribution is 7.17. The molecule has 11 heteroatoms. The molecule has 0 saturated carbocycles. The van der Waals surface area contributed by atoms with Crippen LogP contribution in [0.15, 0.2) is 23.7 Å². The Labute approximate surface area is 186 Å². The van der Waals surface area contributed by atoms with E-state index in [9.17, 15) is 9.59 Å². The van der Waals surface area contributed by atoms with E-state index in [2.05, 4.69) is 25.6 Å². The number of carbonyl (C=O) groups excluding carboxylic acids is 2. The van der Waals surface area contributed by atoms with E-state index < -0.39 is 5.91 Å². The minimum atomic E-state index is -0.415. The van der Waals surface area contributed by atoms with E-state index in [4.69, 9.17) is 11.6 Å². The van der Waals surface area contributed by atoms with E-state index in [1.165, 1.54) is 24.5 Å². The van der Waals surface area contributed by atoms with E-state index in [-0.39, 0.29) is 16.6 Å². The van der Waals surface area contributed by atoms with E-state index in [1.54, 1.807) is 11.3 Å². The Morgan fingerprint density at radius 1 is 1.23 bits per heavy atom. The van der Waals surface area contributed by atoms with Gasteiger partial charge in [-0.25, -0.2) is 15.0 Å². The van der Waals surface area contributed by atoms with Gasteiger partial charge in [-0.15, -0.1) is 22.7 Å². The zero-order valence-corrected chi connectivity index (χ0v) is 18.5. The third-order valence-corrected chi connectivity index (χ3v) is 6.63. The van der Waals surface area contributed by atoms with Crippen molar-refractivity contribution in [2.24, 2.45) is 0 Å². The predicted molar refractivity (Wildman–Crippen MR) is 119 cm³/mol. The van der Waals surface area contributed by atoms with Crippen LogP contribution in [0.25, 0.3) is 10.6 Å². The van der Waals surface area contributed by atoms with Crippen LogP contribution >= 0.6 is 34.3 Å². The number of nitrogens with one attached hydrogen (secondary N) is 2. The second-order valence-corrected chi connectivity index (χ2v) is 9.16. The molecule has 0 bridgehead atoms. The monoisotopic (exact) mass is 462 g/mol. The first-order valence-corrected chi connectivity index (χ1v) is 11.4. The van der Waals surface area contributed by atoms with Crippen LogP contribution < -0.4 is 15.5 Å². The number of rotatable bonds is 6. The lowest BCUT2D eigenvalue weighted by molar-refractivity contribution is -0.119. The minimum absolute atomic E-state index is 0.0696. The van der Waals surface area contributed by atoms with Crippen LogP contribution in [0.4, 0.5) is 11.1 Å². The number of thiophene rings is 1. The average Bonchev–Trinajstić information content (AvgIpc) is 3.48. The lowest BCUT2D eigenvalue weighted by Gasteiger charge is -2.15. The summed E-state index contributed by atoms with van der Waals surface area (Å²) in [6.45, 7) is 3.73. The molecule has 0 atom stereocenters. The van der Waals surface area contributed by atoms with Crippen molar-refractivity contribution in [1.82, 2.24) is 20.3 Å². The molecule has 1 saturated heterocycles. The fraction of sp³-hybridized carbons (Fsp3) is 0.316. The van der Waals surface area contributed by atoms with Gasteiger partial charge in [-0.2, -0.15) is 0 Å². The molecule has 0 unspecified atom stereocenters.